The highest BCUT2D eigenvalue weighted by Crippen LogP contribution is 2.38. The minimum Gasteiger partial charge on any atom is -0.493 e. The smallest absolute Gasteiger partial charge is 0.311 e. The molecule has 0 bridgehead atoms. The van der Waals surface area contributed by atoms with Crippen LogP contribution in [-0.2, 0) is 25.5 Å². The van der Waals surface area contributed by atoms with Gasteiger partial charge >= 0.3 is 5.97 Å². The molecule has 3 aromatic carbocycles. The fourth-order valence-corrected chi connectivity index (χ4v) is 6.05. The van der Waals surface area contributed by atoms with Crippen molar-refractivity contribution < 1.29 is 38.1 Å². The van der Waals surface area contributed by atoms with E-state index < -0.39 is 17.1 Å². The molecule has 1 atom stereocenters. The molecule has 0 spiro atoms. The first-order chi connectivity index (χ1) is 23.6. The molecule has 0 fully saturated rings. The summed E-state index contributed by atoms with van der Waals surface area (Å²) in [4.78, 5) is 56.5. The van der Waals surface area contributed by atoms with Crippen molar-refractivity contribution in [3.05, 3.63) is 94.6 Å². The van der Waals surface area contributed by atoms with E-state index in [0.717, 1.165) is 0 Å². The number of hydrogen-bond acceptors (Lipinski definition) is 11. The first-order valence-electron chi connectivity index (χ1n) is 15.0. The number of anilines is 2. The number of carbonyl (C=O) groups is 4. The van der Waals surface area contributed by atoms with Crippen LogP contribution in [0.4, 0.5) is 10.8 Å². The SMILES string of the molecule is CCOC(=O)Cc1csc(NC(=O)C(C)Sc2cccc(NC(=O)/C(=C\c3cc(OC)c(OC)c(OC)c3)NC(=O)c3ccccc3)c2)n1. The number of hydrogen-bond donors (Lipinski definition) is 3. The lowest BCUT2D eigenvalue weighted by atomic mass is 10.1. The van der Waals surface area contributed by atoms with E-state index in [9.17, 15) is 19.2 Å². The molecular weight excluding hydrogens is 669 g/mol. The van der Waals surface area contributed by atoms with Crippen LogP contribution < -0.4 is 30.2 Å². The molecule has 3 amide bonds. The van der Waals surface area contributed by atoms with E-state index in [-0.39, 0.29) is 30.6 Å². The first kappa shape index (κ1) is 36.5. The number of methoxy groups -OCH3 is 3. The van der Waals surface area contributed by atoms with Crippen LogP contribution in [0.25, 0.3) is 6.08 Å². The number of nitrogens with zero attached hydrogens (tertiary/aromatic N) is 1. The highest BCUT2D eigenvalue weighted by Gasteiger charge is 2.20. The Kier molecular flexibility index (Phi) is 13.2. The molecule has 14 heteroatoms. The number of carbonyl (C=O) groups excluding carboxylic acids is 4. The lowest BCUT2D eigenvalue weighted by Gasteiger charge is -2.15. The van der Waals surface area contributed by atoms with E-state index in [0.29, 0.717) is 49.8 Å². The Morgan fingerprint density at radius 1 is 0.918 bits per heavy atom. The summed E-state index contributed by atoms with van der Waals surface area (Å²) in [6.07, 6.45) is 1.53. The molecule has 1 aromatic heterocycles. The van der Waals surface area contributed by atoms with Gasteiger partial charge < -0.3 is 34.9 Å². The molecule has 1 unspecified atom stereocenters. The molecule has 1 heterocycles. The van der Waals surface area contributed by atoms with Gasteiger partial charge in [-0.1, -0.05) is 24.3 Å². The van der Waals surface area contributed by atoms with E-state index >= 15 is 0 Å². The molecule has 0 aliphatic carbocycles. The second-order valence-electron chi connectivity index (χ2n) is 10.2. The predicted molar refractivity (Wildman–Crippen MR) is 189 cm³/mol. The van der Waals surface area contributed by atoms with Gasteiger partial charge in [-0.2, -0.15) is 0 Å². The lowest BCUT2D eigenvalue weighted by Crippen LogP contribution is -2.30. The van der Waals surface area contributed by atoms with Crippen LogP contribution in [0.15, 0.2) is 82.7 Å². The summed E-state index contributed by atoms with van der Waals surface area (Å²) in [5.74, 6) is -0.613. The van der Waals surface area contributed by atoms with E-state index in [1.165, 1.54) is 50.5 Å². The third-order valence-electron chi connectivity index (χ3n) is 6.71. The fourth-order valence-electron chi connectivity index (χ4n) is 4.41. The highest BCUT2D eigenvalue weighted by atomic mass is 32.2. The molecule has 0 aliphatic heterocycles. The van der Waals surface area contributed by atoms with Crippen molar-refractivity contribution >= 4 is 63.7 Å². The number of esters is 1. The van der Waals surface area contributed by atoms with Gasteiger partial charge in [-0.25, -0.2) is 4.98 Å². The second kappa shape index (κ2) is 17.7. The Morgan fingerprint density at radius 2 is 1.63 bits per heavy atom. The maximum Gasteiger partial charge on any atom is 0.311 e. The van der Waals surface area contributed by atoms with Crippen LogP contribution >= 0.6 is 23.1 Å². The van der Waals surface area contributed by atoms with Crippen molar-refractivity contribution in [2.45, 2.75) is 30.4 Å². The fraction of sp³-hybridized carbons (Fsp3) is 0.229. The van der Waals surface area contributed by atoms with E-state index in [4.69, 9.17) is 18.9 Å². The van der Waals surface area contributed by atoms with E-state index in [2.05, 4.69) is 20.9 Å². The van der Waals surface area contributed by atoms with Gasteiger partial charge in [0.2, 0.25) is 11.7 Å². The third kappa shape index (κ3) is 10.3. The van der Waals surface area contributed by atoms with Crippen molar-refractivity contribution in [3.8, 4) is 17.2 Å². The summed E-state index contributed by atoms with van der Waals surface area (Å²) in [6, 6.07) is 18.8. The summed E-state index contributed by atoms with van der Waals surface area (Å²) < 4.78 is 21.3. The Morgan fingerprint density at radius 3 is 2.29 bits per heavy atom. The van der Waals surface area contributed by atoms with Gasteiger partial charge in [-0.3, -0.25) is 19.2 Å². The zero-order valence-electron chi connectivity index (χ0n) is 27.5. The van der Waals surface area contributed by atoms with Gasteiger partial charge in [0, 0.05) is 21.5 Å². The van der Waals surface area contributed by atoms with Crippen LogP contribution in [-0.4, -0.2) is 61.9 Å². The lowest BCUT2D eigenvalue weighted by molar-refractivity contribution is -0.142. The first-order valence-corrected chi connectivity index (χ1v) is 16.8. The largest absolute Gasteiger partial charge is 0.493 e. The summed E-state index contributed by atoms with van der Waals surface area (Å²) in [5, 5.41) is 9.89. The van der Waals surface area contributed by atoms with Crippen molar-refractivity contribution in [1.82, 2.24) is 10.3 Å². The second-order valence-corrected chi connectivity index (χ2v) is 12.5. The molecule has 3 N–H and O–H groups in total. The van der Waals surface area contributed by atoms with Crippen molar-refractivity contribution in [1.29, 1.82) is 0 Å². The quantitative estimate of drug-likeness (QED) is 0.0786. The molecule has 0 saturated heterocycles. The minimum absolute atomic E-state index is 0.0261. The normalized spacial score (nSPS) is 11.6. The molecule has 256 valence electrons. The zero-order valence-corrected chi connectivity index (χ0v) is 29.2. The number of rotatable bonds is 15. The number of amides is 3. The highest BCUT2D eigenvalue weighted by molar-refractivity contribution is 8.00. The molecule has 4 aromatic rings. The number of aromatic nitrogens is 1. The monoisotopic (exact) mass is 704 g/mol. The average Bonchev–Trinajstić information content (AvgIpc) is 3.53. The van der Waals surface area contributed by atoms with Gasteiger partial charge in [0.1, 0.15) is 5.70 Å². The molecule has 49 heavy (non-hydrogen) atoms. The molecule has 0 radical (unpaired) electrons. The van der Waals surface area contributed by atoms with Crippen molar-refractivity contribution in [3.63, 3.8) is 0 Å². The van der Waals surface area contributed by atoms with E-state index in [1.807, 2.05) is 6.07 Å². The Bertz CT molecular complexity index is 1800. The minimum atomic E-state index is -0.589. The number of ether oxygens (including phenoxy) is 4. The average molecular weight is 705 g/mol. The van der Waals surface area contributed by atoms with Crippen LogP contribution in [0.1, 0.15) is 35.5 Å². The van der Waals surface area contributed by atoms with Crippen molar-refractivity contribution in [2.75, 3.05) is 38.6 Å². The predicted octanol–water partition coefficient (Wildman–Crippen LogP) is 5.80. The number of thiazole rings is 1. The van der Waals surface area contributed by atoms with E-state index in [1.54, 1.807) is 79.9 Å². The van der Waals surface area contributed by atoms with Crippen LogP contribution in [0, 0.1) is 0 Å². The number of nitrogens with one attached hydrogen (secondary N) is 3. The number of benzene rings is 3. The summed E-state index contributed by atoms with van der Waals surface area (Å²) >= 11 is 2.50. The molecule has 0 saturated carbocycles. The van der Waals surface area contributed by atoms with Crippen LogP contribution in [0.2, 0.25) is 0 Å². The molecule has 12 nitrogen and oxygen atoms in total. The summed E-state index contributed by atoms with van der Waals surface area (Å²) in [6.45, 7) is 3.76. The summed E-state index contributed by atoms with van der Waals surface area (Å²) in [7, 11) is 4.45. The topological polar surface area (TPSA) is 154 Å². The number of thioether (sulfide) groups is 1. The maximum absolute atomic E-state index is 13.7. The van der Waals surface area contributed by atoms with Gasteiger partial charge in [0.15, 0.2) is 16.6 Å². The molecule has 4 rings (SSSR count). The van der Waals surface area contributed by atoms with Gasteiger partial charge in [-0.05, 0) is 68.0 Å². The van der Waals surface area contributed by atoms with Gasteiger partial charge in [-0.15, -0.1) is 23.1 Å². The zero-order chi connectivity index (χ0) is 35.3. The van der Waals surface area contributed by atoms with Crippen molar-refractivity contribution in [2.24, 2.45) is 0 Å². The van der Waals surface area contributed by atoms with Gasteiger partial charge in [0.05, 0.1) is 45.3 Å². The Hall–Kier alpha value is -5.34. The van der Waals surface area contributed by atoms with Crippen LogP contribution in [0.5, 0.6) is 17.2 Å². The summed E-state index contributed by atoms with van der Waals surface area (Å²) in [5.41, 5.74) is 1.78. The third-order valence-corrected chi connectivity index (χ3v) is 8.61. The molecule has 0 aliphatic rings. The Balaban J connectivity index is 1.50. The molecular formula is C35H36N4O8S2. The van der Waals surface area contributed by atoms with Gasteiger partial charge in [0.25, 0.3) is 11.8 Å². The Labute approximate surface area is 292 Å². The maximum atomic E-state index is 13.7. The van der Waals surface area contributed by atoms with Crippen LogP contribution in [0.3, 0.4) is 0 Å². The standard InChI is InChI=1S/C35H36N4O8S2/c1-6-47-30(40)19-25-20-48-35(37-25)39-32(41)21(2)49-26-14-10-13-24(18-26)36-34(43)27(38-33(42)23-11-8-7-9-12-23)15-22-16-28(44-3)31(46-5)29(17-22)45-4/h7-18,20-21H,6,19H2,1-5H3,(H,36,43)(H,38,42)(H,37,39,41)/b27-15+.